The van der Waals surface area contributed by atoms with Gasteiger partial charge in [-0.15, -0.1) is 11.3 Å². The van der Waals surface area contributed by atoms with Crippen LogP contribution in [0.3, 0.4) is 0 Å². The number of halogens is 3. The quantitative estimate of drug-likeness (QED) is 0.641. The molecule has 0 aliphatic heterocycles. The van der Waals surface area contributed by atoms with Gasteiger partial charge in [0.25, 0.3) is 0 Å². The lowest BCUT2D eigenvalue weighted by Gasteiger charge is -2.24. The molecule has 0 fully saturated rings. The minimum absolute atomic E-state index is 0.0874. The Morgan fingerprint density at radius 1 is 1.30 bits per heavy atom. The monoisotopic (exact) mass is 437 g/mol. The molecule has 0 spiro atoms. The van der Waals surface area contributed by atoms with Crippen molar-refractivity contribution in [1.82, 2.24) is 0 Å². The summed E-state index contributed by atoms with van der Waals surface area (Å²) in [6, 6.07) is 9.49. The zero-order valence-corrected chi connectivity index (χ0v) is 15.5. The second-order valence-electron chi connectivity index (χ2n) is 4.33. The molecule has 2 nitrogen and oxygen atoms in total. The molecule has 2 unspecified atom stereocenters. The smallest absolute Gasteiger partial charge is 0.148 e. The number of rotatable bonds is 5. The summed E-state index contributed by atoms with van der Waals surface area (Å²) in [7, 11) is 0. The van der Waals surface area contributed by atoms with Gasteiger partial charge in [-0.3, -0.25) is 0 Å². The highest BCUT2D eigenvalue weighted by Gasteiger charge is 2.23. The van der Waals surface area contributed by atoms with Crippen molar-refractivity contribution >= 4 is 54.8 Å². The fourth-order valence-electron chi connectivity index (χ4n) is 1.76. The van der Waals surface area contributed by atoms with Gasteiger partial charge in [0, 0.05) is 15.4 Å². The molecule has 0 amide bonds. The van der Waals surface area contributed by atoms with E-state index in [0.29, 0.717) is 10.8 Å². The molecule has 0 saturated heterocycles. The van der Waals surface area contributed by atoms with Crippen molar-refractivity contribution in [2.24, 2.45) is 5.73 Å². The summed E-state index contributed by atoms with van der Waals surface area (Å²) in [4.78, 5) is 1.09. The fourth-order valence-corrected chi connectivity index (χ4v) is 3.79. The minimum atomic E-state index is -0.205. The maximum absolute atomic E-state index is 6.21. The second-order valence-corrected chi connectivity index (χ2v) is 8.14. The van der Waals surface area contributed by atoms with Gasteiger partial charge in [-0.1, -0.05) is 34.5 Å². The number of nitrogens with two attached hydrogens (primary N) is 1. The molecule has 0 aliphatic carbocycles. The van der Waals surface area contributed by atoms with Gasteiger partial charge in [-0.05, 0) is 52.7 Å². The molecule has 0 radical (unpaired) electrons. The van der Waals surface area contributed by atoms with Crippen molar-refractivity contribution in [1.29, 1.82) is 0 Å². The summed E-state index contributed by atoms with van der Waals surface area (Å²) in [6.07, 6.45) is 0.620. The predicted molar refractivity (Wildman–Crippen MR) is 92.8 cm³/mol. The lowest BCUT2D eigenvalue weighted by Crippen LogP contribution is -2.31. The Hall–Kier alpha value is -0.0700. The van der Waals surface area contributed by atoms with Crippen LogP contribution in [0.4, 0.5) is 0 Å². The van der Waals surface area contributed by atoms with Gasteiger partial charge in [0.05, 0.1) is 8.81 Å². The summed E-state index contributed by atoms with van der Waals surface area (Å²) in [5.74, 6) is 0.638. The lowest BCUT2D eigenvalue weighted by molar-refractivity contribution is 0.174. The van der Waals surface area contributed by atoms with Crippen molar-refractivity contribution in [3.63, 3.8) is 0 Å². The van der Waals surface area contributed by atoms with Crippen molar-refractivity contribution in [2.75, 3.05) is 0 Å². The zero-order chi connectivity index (χ0) is 14.7. The average Bonchev–Trinajstić information content (AvgIpc) is 2.85. The van der Waals surface area contributed by atoms with E-state index in [2.05, 4.69) is 31.9 Å². The van der Waals surface area contributed by atoms with Gasteiger partial charge in [0.2, 0.25) is 0 Å². The first-order valence-corrected chi connectivity index (χ1v) is 8.91. The molecule has 2 atom stereocenters. The van der Waals surface area contributed by atoms with E-state index in [4.69, 9.17) is 22.1 Å². The van der Waals surface area contributed by atoms with Crippen LogP contribution in [0.15, 0.2) is 38.6 Å². The van der Waals surface area contributed by atoms with E-state index in [1.54, 1.807) is 17.4 Å². The molecule has 1 heterocycles. The van der Waals surface area contributed by atoms with Crippen molar-refractivity contribution in [3.05, 3.63) is 48.5 Å². The summed E-state index contributed by atoms with van der Waals surface area (Å²) in [5.41, 5.74) is 6.21. The highest BCUT2D eigenvalue weighted by Crippen LogP contribution is 2.36. The van der Waals surface area contributed by atoms with Crippen LogP contribution in [-0.4, -0.2) is 6.04 Å². The first-order chi connectivity index (χ1) is 9.51. The maximum atomic E-state index is 6.21. The van der Waals surface area contributed by atoms with Crippen LogP contribution in [0.1, 0.15) is 24.3 Å². The third kappa shape index (κ3) is 3.98. The summed E-state index contributed by atoms with van der Waals surface area (Å²) >= 11 is 14.7. The Morgan fingerprint density at radius 2 is 2.05 bits per heavy atom. The van der Waals surface area contributed by atoms with Crippen LogP contribution in [-0.2, 0) is 0 Å². The van der Waals surface area contributed by atoms with Gasteiger partial charge < -0.3 is 10.5 Å². The van der Waals surface area contributed by atoms with Crippen molar-refractivity contribution in [3.8, 4) is 5.75 Å². The molecule has 2 rings (SSSR count). The van der Waals surface area contributed by atoms with Crippen LogP contribution >= 0.6 is 54.8 Å². The molecule has 0 saturated carbocycles. The minimum Gasteiger partial charge on any atom is -0.482 e. The number of hydrogen-bond donors (Lipinski definition) is 1. The van der Waals surface area contributed by atoms with Gasteiger partial charge in [-0.2, -0.15) is 0 Å². The summed E-state index contributed by atoms with van der Waals surface area (Å²) in [5, 5.41) is 0.581. The van der Waals surface area contributed by atoms with Crippen LogP contribution in [0, 0.1) is 0 Å². The van der Waals surface area contributed by atoms with Gasteiger partial charge in [-0.25, -0.2) is 0 Å². The average molecular weight is 440 g/mol. The van der Waals surface area contributed by atoms with Crippen LogP contribution in [0.2, 0.25) is 5.02 Å². The standard InChI is InChI=1S/C14H14Br2ClNOS/c1-2-10(18)14(12-5-6-13(16)20-12)19-11-7-8(15)3-4-9(11)17/h3-7,10,14H,2,18H2,1H3. The molecule has 1 aromatic carbocycles. The van der Waals surface area contributed by atoms with E-state index < -0.39 is 0 Å². The van der Waals surface area contributed by atoms with E-state index in [-0.39, 0.29) is 12.1 Å². The van der Waals surface area contributed by atoms with Crippen molar-refractivity contribution < 1.29 is 4.74 Å². The lowest BCUT2D eigenvalue weighted by atomic mass is 10.1. The molecule has 2 aromatic rings. The molecule has 2 N–H and O–H groups in total. The fraction of sp³-hybridized carbons (Fsp3) is 0.286. The molecular formula is C14H14Br2ClNOS. The Bertz CT molecular complexity index is 590. The Kier molecular flexibility index (Phi) is 5.93. The van der Waals surface area contributed by atoms with Crippen LogP contribution in [0.25, 0.3) is 0 Å². The van der Waals surface area contributed by atoms with Gasteiger partial charge in [0.15, 0.2) is 0 Å². The third-order valence-electron chi connectivity index (χ3n) is 2.88. The van der Waals surface area contributed by atoms with Crippen LogP contribution in [0.5, 0.6) is 5.75 Å². The molecule has 0 aliphatic rings. The molecular weight excluding hydrogens is 425 g/mol. The highest BCUT2D eigenvalue weighted by molar-refractivity contribution is 9.11. The summed E-state index contributed by atoms with van der Waals surface area (Å²) < 4.78 is 8.06. The number of thiophene rings is 1. The van der Waals surface area contributed by atoms with Crippen molar-refractivity contribution in [2.45, 2.75) is 25.5 Å². The van der Waals surface area contributed by atoms with E-state index in [9.17, 15) is 0 Å². The Morgan fingerprint density at radius 3 is 2.65 bits per heavy atom. The summed E-state index contributed by atoms with van der Waals surface area (Å²) in [6.45, 7) is 2.05. The largest absolute Gasteiger partial charge is 0.482 e. The number of ether oxygens (including phenoxy) is 1. The SMILES string of the molecule is CCC(N)C(Oc1cc(Br)ccc1Cl)c1ccc(Br)s1. The Balaban J connectivity index is 2.30. The van der Waals surface area contributed by atoms with E-state index in [1.165, 1.54) is 0 Å². The zero-order valence-electron chi connectivity index (χ0n) is 10.8. The molecule has 108 valence electrons. The molecule has 20 heavy (non-hydrogen) atoms. The molecule has 0 bridgehead atoms. The van der Waals surface area contributed by atoms with Crippen LogP contribution < -0.4 is 10.5 Å². The number of hydrogen-bond acceptors (Lipinski definition) is 3. The first kappa shape index (κ1) is 16.3. The first-order valence-electron chi connectivity index (χ1n) is 6.13. The normalized spacial score (nSPS) is 14.1. The van der Waals surface area contributed by atoms with E-state index in [1.807, 2.05) is 31.2 Å². The van der Waals surface area contributed by atoms with Gasteiger partial charge >= 0.3 is 0 Å². The van der Waals surface area contributed by atoms with E-state index in [0.717, 1.165) is 19.6 Å². The van der Waals surface area contributed by atoms with Gasteiger partial charge in [0.1, 0.15) is 11.9 Å². The third-order valence-corrected chi connectivity index (χ3v) is 5.37. The maximum Gasteiger partial charge on any atom is 0.148 e. The highest BCUT2D eigenvalue weighted by atomic mass is 79.9. The second kappa shape index (κ2) is 7.27. The Labute approximate surface area is 144 Å². The topological polar surface area (TPSA) is 35.2 Å². The molecule has 1 aromatic heterocycles. The number of benzene rings is 1. The van der Waals surface area contributed by atoms with E-state index >= 15 is 0 Å². The predicted octanol–water partition coefficient (Wildman–Crippen LogP) is 5.78. The molecule has 6 heteroatoms.